The van der Waals surface area contributed by atoms with E-state index in [-0.39, 0.29) is 11.6 Å². The van der Waals surface area contributed by atoms with Crippen molar-refractivity contribution in [1.29, 1.82) is 0 Å². The van der Waals surface area contributed by atoms with Crippen molar-refractivity contribution < 1.29 is 14.0 Å². The highest BCUT2D eigenvalue weighted by Gasteiger charge is 2.08. The van der Waals surface area contributed by atoms with Crippen molar-refractivity contribution >= 4 is 0 Å². The molecule has 2 aromatic carbocycles. The second-order valence-electron chi connectivity index (χ2n) is 4.75. The standard InChI is InChI=1S/C16H13FN2O2/c17-13-6-4-11(5-7-13)9-15-18-16(21-19-15)10-12-2-1-3-14(20)8-12/h1-8,20H,9-10H2. The lowest BCUT2D eigenvalue weighted by Gasteiger charge is -1.97. The summed E-state index contributed by atoms with van der Waals surface area (Å²) in [6.07, 6.45) is 0.953. The number of aromatic nitrogens is 2. The monoisotopic (exact) mass is 284 g/mol. The molecular formula is C16H13FN2O2. The minimum absolute atomic E-state index is 0.207. The first-order chi connectivity index (χ1) is 10.2. The third-order valence-corrected chi connectivity index (χ3v) is 3.05. The van der Waals surface area contributed by atoms with E-state index in [2.05, 4.69) is 10.1 Å². The topological polar surface area (TPSA) is 59.2 Å². The molecule has 0 radical (unpaired) electrons. The summed E-state index contributed by atoms with van der Waals surface area (Å²) in [6.45, 7) is 0. The first-order valence-corrected chi connectivity index (χ1v) is 6.53. The Kier molecular flexibility index (Phi) is 3.64. The van der Waals surface area contributed by atoms with Crippen LogP contribution < -0.4 is 0 Å². The van der Waals surface area contributed by atoms with Crippen LogP contribution in [0.15, 0.2) is 53.1 Å². The molecule has 3 rings (SSSR count). The molecule has 1 N–H and O–H groups in total. The highest BCUT2D eigenvalue weighted by Crippen LogP contribution is 2.15. The van der Waals surface area contributed by atoms with Crippen molar-refractivity contribution in [2.45, 2.75) is 12.8 Å². The summed E-state index contributed by atoms with van der Waals surface area (Å²) >= 11 is 0. The van der Waals surface area contributed by atoms with E-state index in [9.17, 15) is 9.50 Å². The molecule has 21 heavy (non-hydrogen) atoms. The zero-order valence-corrected chi connectivity index (χ0v) is 11.2. The van der Waals surface area contributed by atoms with Crippen LogP contribution in [0.2, 0.25) is 0 Å². The lowest BCUT2D eigenvalue weighted by atomic mass is 10.1. The molecule has 106 valence electrons. The van der Waals surface area contributed by atoms with Gasteiger partial charge in [0.1, 0.15) is 11.6 Å². The Morgan fingerprint density at radius 2 is 1.81 bits per heavy atom. The second-order valence-corrected chi connectivity index (χ2v) is 4.75. The predicted molar refractivity (Wildman–Crippen MR) is 74.4 cm³/mol. The van der Waals surface area contributed by atoms with E-state index in [1.807, 2.05) is 6.07 Å². The van der Waals surface area contributed by atoms with Crippen LogP contribution in [0.1, 0.15) is 22.8 Å². The van der Waals surface area contributed by atoms with Crippen LogP contribution in [-0.4, -0.2) is 15.2 Å². The number of rotatable bonds is 4. The molecule has 4 nitrogen and oxygen atoms in total. The molecule has 0 saturated heterocycles. The molecule has 0 saturated carbocycles. The summed E-state index contributed by atoms with van der Waals surface area (Å²) in [7, 11) is 0. The van der Waals surface area contributed by atoms with E-state index >= 15 is 0 Å². The maximum Gasteiger partial charge on any atom is 0.231 e. The molecule has 0 spiro atoms. The minimum atomic E-state index is -0.267. The van der Waals surface area contributed by atoms with E-state index in [0.717, 1.165) is 11.1 Å². The molecule has 0 atom stereocenters. The van der Waals surface area contributed by atoms with Crippen molar-refractivity contribution in [1.82, 2.24) is 10.1 Å². The second kappa shape index (κ2) is 5.75. The quantitative estimate of drug-likeness (QED) is 0.799. The fraction of sp³-hybridized carbons (Fsp3) is 0.125. The number of phenols is 1. The zero-order chi connectivity index (χ0) is 14.7. The number of benzene rings is 2. The molecular weight excluding hydrogens is 271 g/mol. The van der Waals surface area contributed by atoms with Gasteiger partial charge in [-0.15, -0.1) is 0 Å². The van der Waals surface area contributed by atoms with Crippen LogP contribution >= 0.6 is 0 Å². The summed E-state index contributed by atoms with van der Waals surface area (Å²) in [6, 6.07) is 13.1. The number of halogens is 1. The Morgan fingerprint density at radius 1 is 1.00 bits per heavy atom. The Bertz CT molecular complexity index is 738. The lowest BCUT2D eigenvalue weighted by Crippen LogP contribution is -1.92. The Labute approximate surface area is 120 Å². The minimum Gasteiger partial charge on any atom is -0.508 e. The van der Waals surface area contributed by atoms with Crippen molar-refractivity contribution in [3.05, 3.63) is 77.2 Å². The van der Waals surface area contributed by atoms with Crippen LogP contribution in [0.25, 0.3) is 0 Å². The molecule has 0 unspecified atom stereocenters. The van der Waals surface area contributed by atoms with Gasteiger partial charge in [0, 0.05) is 6.42 Å². The largest absolute Gasteiger partial charge is 0.508 e. The third-order valence-electron chi connectivity index (χ3n) is 3.05. The van der Waals surface area contributed by atoms with Crippen molar-refractivity contribution in [2.24, 2.45) is 0 Å². The molecule has 0 amide bonds. The van der Waals surface area contributed by atoms with Crippen LogP contribution in [0, 0.1) is 5.82 Å². The van der Waals surface area contributed by atoms with Gasteiger partial charge >= 0.3 is 0 Å². The first kappa shape index (κ1) is 13.3. The smallest absolute Gasteiger partial charge is 0.231 e. The molecule has 1 aromatic heterocycles. The van der Waals surface area contributed by atoms with Gasteiger partial charge in [-0.1, -0.05) is 29.4 Å². The van der Waals surface area contributed by atoms with E-state index in [1.165, 1.54) is 12.1 Å². The average Bonchev–Trinajstić information content (AvgIpc) is 2.89. The summed E-state index contributed by atoms with van der Waals surface area (Å²) in [5, 5.41) is 13.3. The first-order valence-electron chi connectivity index (χ1n) is 6.53. The molecule has 1 heterocycles. The summed E-state index contributed by atoms with van der Waals surface area (Å²) in [4.78, 5) is 4.30. The summed E-state index contributed by atoms with van der Waals surface area (Å²) in [5.74, 6) is 0.976. The number of hydrogen-bond acceptors (Lipinski definition) is 4. The molecule has 0 fully saturated rings. The van der Waals surface area contributed by atoms with Gasteiger partial charge in [0.15, 0.2) is 5.82 Å². The molecule has 5 heteroatoms. The number of aromatic hydroxyl groups is 1. The maximum atomic E-state index is 12.8. The fourth-order valence-corrected chi connectivity index (χ4v) is 2.06. The lowest BCUT2D eigenvalue weighted by molar-refractivity contribution is 0.380. The number of phenolic OH excluding ortho intramolecular Hbond substituents is 1. The van der Waals surface area contributed by atoms with E-state index < -0.39 is 0 Å². The number of hydrogen-bond donors (Lipinski definition) is 1. The summed E-state index contributed by atoms with van der Waals surface area (Å²) in [5.41, 5.74) is 1.81. The van der Waals surface area contributed by atoms with Crippen molar-refractivity contribution in [2.75, 3.05) is 0 Å². The van der Waals surface area contributed by atoms with E-state index in [1.54, 1.807) is 30.3 Å². The zero-order valence-electron chi connectivity index (χ0n) is 11.2. The normalized spacial score (nSPS) is 10.7. The highest BCUT2D eigenvalue weighted by atomic mass is 19.1. The van der Waals surface area contributed by atoms with Crippen LogP contribution in [-0.2, 0) is 12.8 Å². The Morgan fingerprint density at radius 3 is 2.57 bits per heavy atom. The molecule has 0 bridgehead atoms. The van der Waals surface area contributed by atoms with Gasteiger partial charge in [-0.05, 0) is 35.4 Å². The average molecular weight is 284 g/mol. The van der Waals surface area contributed by atoms with Gasteiger partial charge in [-0.25, -0.2) is 4.39 Å². The Balaban J connectivity index is 1.70. The van der Waals surface area contributed by atoms with Crippen LogP contribution in [0.4, 0.5) is 4.39 Å². The van der Waals surface area contributed by atoms with Gasteiger partial charge in [-0.3, -0.25) is 0 Å². The van der Waals surface area contributed by atoms with E-state index in [0.29, 0.717) is 24.6 Å². The molecule has 3 aromatic rings. The van der Waals surface area contributed by atoms with Crippen LogP contribution in [0.3, 0.4) is 0 Å². The van der Waals surface area contributed by atoms with Gasteiger partial charge < -0.3 is 9.63 Å². The van der Waals surface area contributed by atoms with Gasteiger partial charge in [0.2, 0.25) is 5.89 Å². The van der Waals surface area contributed by atoms with Crippen LogP contribution in [0.5, 0.6) is 5.75 Å². The predicted octanol–water partition coefficient (Wildman–Crippen LogP) is 3.10. The van der Waals surface area contributed by atoms with E-state index in [4.69, 9.17) is 4.52 Å². The summed E-state index contributed by atoms with van der Waals surface area (Å²) < 4.78 is 18.0. The SMILES string of the molecule is Oc1cccc(Cc2nc(Cc3ccc(F)cc3)no2)c1. The molecule has 0 aliphatic rings. The maximum absolute atomic E-state index is 12.8. The fourth-order valence-electron chi connectivity index (χ4n) is 2.06. The number of nitrogens with zero attached hydrogens (tertiary/aromatic N) is 2. The van der Waals surface area contributed by atoms with Gasteiger partial charge in [0.25, 0.3) is 0 Å². The van der Waals surface area contributed by atoms with Gasteiger partial charge in [0.05, 0.1) is 6.42 Å². The Hall–Kier alpha value is -2.69. The van der Waals surface area contributed by atoms with Gasteiger partial charge in [-0.2, -0.15) is 4.98 Å². The third kappa shape index (κ3) is 3.45. The highest BCUT2D eigenvalue weighted by molar-refractivity contribution is 5.28. The molecule has 0 aliphatic heterocycles. The van der Waals surface area contributed by atoms with Crippen molar-refractivity contribution in [3.63, 3.8) is 0 Å². The van der Waals surface area contributed by atoms with Crippen molar-refractivity contribution in [3.8, 4) is 5.75 Å². The molecule has 0 aliphatic carbocycles.